The Balaban J connectivity index is 1.37. The van der Waals surface area contributed by atoms with Crippen LogP contribution >= 0.6 is 0 Å². The number of carboxylic acid groups (broad SMARTS) is 1. The SMILES string of the molecule is C/C(NCC1(C)CC2(C)CC(C)(C)CC(OCCN(C)C=O)(C1)C2)=C(/C=N)c1ccc(N2CCc3cccc(C)c3C2)nc1C(=O)O. The van der Waals surface area contributed by atoms with Crippen LogP contribution in [0.4, 0.5) is 5.82 Å². The molecule has 2 bridgehead atoms. The lowest BCUT2D eigenvalue weighted by atomic mass is 9.48. The van der Waals surface area contributed by atoms with Crippen LogP contribution in [-0.2, 0) is 22.5 Å². The molecule has 2 fully saturated rings. The zero-order valence-electron chi connectivity index (χ0n) is 29.3. The van der Waals surface area contributed by atoms with Gasteiger partial charge in [0.15, 0.2) is 5.69 Å². The normalized spacial score (nSPS) is 26.9. The van der Waals surface area contributed by atoms with E-state index in [1.165, 1.54) is 22.9 Å². The lowest BCUT2D eigenvalue weighted by Crippen LogP contribution is -2.58. The molecule has 1 amide bonds. The second-order valence-corrected chi connectivity index (χ2v) is 16.1. The number of aromatic carboxylic acids is 1. The molecule has 47 heavy (non-hydrogen) atoms. The highest BCUT2D eigenvalue weighted by atomic mass is 16.5. The molecule has 1 aromatic heterocycles. The smallest absolute Gasteiger partial charge is 0.355 e. The summed E-state index contributed by atoms with van der Waals surface area (Å²) in [7, 11) is 1.78. The molecule has 3 atom stereocenters. The summed E-state index contributed by atoms with van der Waals surface area (Å²) < 4.78 is 6.73. The van der Waals surface area contributed by atoms with E-state index < -0.39 is 5.97 Å². The third-order valence-corrected chi connectivity index (χ3v) is 10.6. The first-order valence-corrected chi connectivity index (χ1v) is 16.9. The molecule has 0 radical (unpaired) electrons. The van der Waals surface area contributed by atoms with Crippen LogP contribution in [0.25, 0.3) is 5.57 Å². The zero-order valence-corrected chi connectivity index (χ0v) is 29.3. The van der Waals surface area contributed by atoms with E-state index >= 15 is 0 Å². The monoisotopic (exact) mass is 643 g/mol. The quantitative estimate of drug-likeness (QED) is 0.179. The van der Waals surface area contributed by atoms with E-state index in [9.17, 15) is 14.7 Å². The van der Waals surface area contributed by atoms with Gasteiger partial charge in [0.25, 0.3) is 0 Å². The van der Waals surface area contributed by atoms with Gasteiger partial charge in [-0.3, -0.25) is 4.79 Å². The van der Waals surface area contributed by atoms with Crippen molar-refractivity contribution in [3.63, 3.8) is 0 Å². The number of pyridine rings is 1. The highest BCUT2D eigenvalue weighted by Gasteiger charge is 2.57. The van der Waals surface area contributed by atoms with Crippen LogP contribution in [0.15, 0.2) is 36.0 Å². The van der Waals surface area contributed by atoms with E-state index in [2.05, 4.69) is 68.0 Å². The highest BCUT2D eigenvalue weighted by Crippen LogP contribution is 2.62. The molecule has 5 rings (SSSR count). The number of fused-ring (bicyclic) bond motifs is 3. The lowest BCUT2D eigenvalue weighted by Gasteiger charge is -2.61. The van der Waals surface area contributed by atoms with E-state index in [0.29, 0.717) is 43.2 Å². The van der Waals surface area contributed by atoms with Gasteiger partial charge in [0.1, 0.15) is 5.82 Å². The molecular weight excluding hydrogens is 590 g/mol. The van der Waals surface area contributed by atoms with Gasteiger partial charge in [-0.05, 0) is 97.4 Å². The number of hydrogen-bond donors (Lipinski definition) is 3. The van der Waals surface area contributed by atoms with E-state index in [0.717, 1.165) is 57.2 Å². The third-order valence-electron chi connectivity index (χ3n) is 10.6. The molecule has 2 heterocycles. The topological polar surface area (TPSA) is 119 Å². The molecule has 3 aliphatic rings. The second kappa shape index (κ2) is 13.1. The number of carbonyl (C=O) groups excluding carboxylic acids is 1. The van der Waals surface area contributed by atoms with E-state index in [1.54, 1.807) is 18.0 Å². The van der Waals surface area contributed by atoms with Crippen LogP contribution < -0.4 is 10.2 Å². The molecule has 1 aromatic carbocycles. The number of anilines is 1. The third kappa shape index (κ3) is 7.56. The first-order chi connectivity index (χ1) is 22.1. The second-order valence-electron chi connectivity index (χ2n) is 16.1. The van der Waals surface area contributed by atoms with E-state index in [-0.39, 0.29) is 27.5 Å². The molecule has 254 valence electrons. The number of nitrogens with one attached hydrogen (secondary N) is 2. The number of benzene rings is 1. The van der Waals surface area contributed by atoms with Gasteiger partial charge in [0, 0.05) is 56.3 Å². The highest BCUT2D eigenvalue weighted by molar-refractivity contribution is 6.12. The number of allylic oxidation sites excluding steroid dienone is 2. The fourth-order valence-corrected chi connectivity index (χ4v) is 9.63. The van der Waals surface area contributed by atoms with Crippen molar-refractivity contribution in [3.05, 3.63) is 64.0 Å². The number of likely N-dealkylation sites (N-methyl/N-ethyl adjacent to an activating group) is 1. The first-order valence-electron chi connectivity index (χ1n) is 16.9. The maximum absolute atomic E-state index is 12.6. The molecule has 0 saturated heterocycles. The number of nitrogens with zero attached hydrogens (tertiary/aromatic N) is 3. The van der Waals surface area contributed by atoms with Crippen molar-refractivity contribution in [1.29, 1.82) is 5.41 Å². The predicted molar refractivity (Wildman–Crippen MR) is 187 cm³/mol. The number of aromatic nitrogens is 1. The summed E-state index contributed by atoms with van der Waals surface area (Å²) in [5.74, 6) is -0.471. The van der Waals surface area contributed by atoms with Gasteiger partial charge < -0.3 is 30.4 Å². The molecule has 9 nitrogen and oxygen atoms in total. The largest absolute Gasteiger partial charge is 0.476 e. The number of carbonyl (C=O) groups is 2. The summed E-state index contributed by atoms with van der Waals surface area (Å²) >= 11 is 0. The fraction of sp³-hybridized carbons (Fsp3) is 0.579. The van der Waals surface area contributed by atoms with Gasteiger partial charge >= 0.3 is 5.97 Å². The van der Waals surface area contributed by atoms with Crippen LogP contribution in [0.1, 0.15) is 99.5 Å². The first kappa shape index (κ1) is 34.6. The summed E-state index contributed by atoms with van der Waals surface area (Å²) in [5.41, 5.74) is 5.42. The van der Waals surface area contributed by atoms with Gasteiger partial charge in [-0.25, -0.2) is 9.78 Å². The number of rotatable bonds is 12. The molecule has 9 heteroatoms. The van der Waals surface area contributed by atoms with Crippen LogP contribution in [0.2, 0.25) is 0 Å². The molecule has 2 saturated carbocycles. The number of amides is 1. The molecule has 2 aliphatic carbocycles. The minimum Gasteiger partial charge on any atom is -0.476 e. The van der Waals surface area contributed by atoms with Crippen molar-refractivity contribution >= 4 is 30.0 Å². The summed E-state index contributed by atoms with van der Waals surface area (Å²) in [6.07, 6.45) is 7.99. The molecule has 3 N–H and O–H groups in total. The molecular formula is C38H53N5O4. The van der Waals surface area contributed by atoms with Crippen LogP contribution in [-0.4, -0.2) is 72.5 Å². The Kier molecular flexibility index (Phi) is 9.62. The number of carboxylic acids is 1. The van der Waals surface area contributed by atoms with Crippen LogP contribution in [0.3, 0.4) is 0 Å². The van der Waals surface area contributed by atoms with Crippen molar-refractivity contribution in [2.75, 3.05) is 38.2 Å². The van der Waals surface area contributed by atoms with Crippen molar-refractivity contribution in [2.45, 2.75) is 92.2 Å². The lowest BCUT2D eigenvalue weighted by molar-refractivity contribution is -0.191. The number of hydrogen-bond acceptors (Lipinski definition) is 7. The van der Waals surface area contributed by atoms with Crippen molar-refractivity contribution in [2.24, 2.45) is 16.2 Å². The summed E-state index contributed by atoms with van der Waals surface area (Å²) in [4.78, 5) is 32.2. The van der Waals surface area contributed by atoms with Gasteiger partial charge in [-0.2, -0.15) is 0 Å². The predicted octanol–water partition coefficient (Wildman–Crippen LogP) is 6.48. The van der Waals surface area contributed by atoms with Gasteiger partial charge in [-0.1, -0.05) is 45.9 Å². The Morgan fingerprint density at radius 2 is 1.89 bits per heavy atom. The van der Waals surface area contributed by atoms with E-state index in [4.69, 9.17) is 10.1 Å². The van der Waals surface area contributed by atoms with E-state index in [1.807, 2.05) is 13.0 Å². The Labute approximate surface area is 280 Å². The Morgan fingerprint density at radius 3 is 2.60 bits per heavy atom. The minimum atomic E-state index is -1.11. The van der Waals surface area contributed by atoms with Crippen molar-refractivity contribution in [1.82, 2.24) is 15.2 Å². The molecule has 1 aliphatic heterocycles. The number of ether oxygens (including phenoxy) is 1. The summed E-state index contributed by atoms with van der Waals surface area (Å²) in [6.45, 7) is 16.6. The average molecular weight is 644 g/mol. The maximum Gasteiger partial charge on any atom is 0.355 e. The van der Waals surface area contributed by atoms with Crippen LogP contribution in [0.5, 0.6) is 0 Å². The summed E-state index contributed by atoms with van der Waals surface area (Å²) in [6, 6.07) is 10.1. The zero-order chi connectivity index (χ0) is 34.2. The molecule has 3 unspecified atom stereocenters. The van der Waals surface area contributed by atoms with Crippen molar-refractivity contribution in [3.8, 4) is 0 Å². The fourth-order valence-electron chi connectivity index (χ4n) is 9.63. The average Bonchev–Trinajstić information content (AvgIpc) is 2.98. The number of aryl methyl sites for hydroxylation is 1. The Hall–Kier alpha value is -3.72. The Bertz CT molecular complexity index is 1570. The van der Waals surface area contributed by atoms with Gasteiger partial charge in [0.2, 0.25) is 6.41 Å². The standard InChI is InChI=1S/C38H53N5O4/c1-26-9-8-10-28-13-14-43(18-31(26)28)32-12-11-29(33(41-32)34(45)46)30(17-39)27(2)40-24-37(6)21-36(5)19-35(3,4)20-38(22-36,23-37)47-16-15-42(7)25-44/h8-12,17,25,39-40H,13-16,18-24H2,1-7H3,(H,45,46)/b30-27+,39-17?. The summed E-state index contributed by atoms with van der Waals surface area (Å²) in [5, 5.41) is 22.2. The molecule has 0 spiro atoms. The van der Waals surface area contributed by atoms with Gasteiger partial charge in [-0.15, -0.1) is 0 Å². The Morgan fingerprint density at radius 1 is 1.13 bits per heavy atom. The molecule has 2 aromatic rings. The minimum absolute atomic E-state index is 0.0430. The van der Waals surface area contributed by atoms with Crippen LogP contribution in [0, 0.1) is 28.6 Å². The van der Waals surface area contributed by atoms with Gasteiger partial charge in [0.05, 0.1) is 12.2 Å². The maximum atomic E-state index is 12.6. The van der Waals surface area contributed by atoms with Crippen molar-refractivity contribution < 1.29 is 19.4 Å².